The second kappa shape index (κ2) is 26.8. The first-order valence-electron chi connectivity index (χ1n) is 17.7. The molecular formula is C34H68NO6P. The highest BCUT2D eigenvalue weighted by Gasteiger charge is 2.53. The monoisotopic (exact) mass is 617 g/mol. The predicted octanol–water partition coefficient (Wildman–Crippen LogP) is 9.28. The number of aliphatic hydroxyl groups is 1. The Labute approximate surface area is 258 Å². The number of hydrogen-bond acceptors (Lipinski definition) is 5. The highest BCUT2D eigenvalue weighted by Crippen LogP contribution is 2.45. The fourth-order valence-electron chi connectivity index (χ4n) is 5.73. The topological polar surface area (TPSA) is 138 Å². The molecule has 7 nitrogen and oxygen atoms in total. The van der Waals surface area contributed by atoms with E-state index in [-0.39, 0.29) is 12.8 Å². The third-order valence-corrected chi connectivity index (χ3v) is 9.71. The van der Waals surface area contributed by atoms with Gasteiger partial charge in [0.25, 0.3) is 0 Å². The van der Waals surface area contributed by atoms with Crippen LogP contribution in [0.3, 0.4) is 0 Å². The summed E-state index contributed by atoms with van der Waals surface area (Å²) in [7, 11) is -5.14. The summed E-state index contributed by atoms with van der Waals surface area (Å²) in [4.78, 5) is 45.1. The van der Waals surface area contributed by atoms with E-state index in [4.69, 9.17) is 5.73 Å². The van der Waals surface area contributed by atoms with Crippen LogP contribution in [0.5, 0.6) is 0 Å². The fourth-order valence-corrected chi connectivity index (χ4v) is 6.55. The van der Waals surface area contributed by atoms with Gasteiger partial charge in [0.15, 0.2) is 23.0 Å². The molecule has 0 aromatic carbocycles. The van der Waals surface area contributed by atoms with Crippen LogP contribution in [0.4, 0.5) is 0 Å². The molecule has 0 aromatic rings. The van der Waals surface area contributed by atoms with Crippen molar-refractivity contribution in [1.82, 2.24) is 0 Å². The lowest BCUT2D eigenvalue weighted by molar-refractivity contribution is -0.138. The molecule has 5 N–H and O–H groups in total. The van der Waals surface area contributed by atoms with Crippen molar-refractivity contribution in [1.29, 1.82) is 0 Å². The van der Waals surface area contributed by atoms with Gasteiger partial charge in [-0.05, 0) is 12.8 Å². The van der Waals surface area contributed by atoms with Gasteiger partial charge in [-0.15, -0.1) is 0 Å². The largest absolute Gasteiger partial charge is 0.378 e. The molecule has 0 radical (unpaired) electrons. The fraction of sp³-hybridized carbons (Fsp3) is 0.941. The minimum Gasteiger partial charge on any atom is -0.378 e. The molecule has 8 heteroatoms. The maximum atomic E-state index is 13.0. The van der Waals surface area contributed by atoms with Gasteiger partial charge in [-0.1, -0.05) is 168 Å². The minimum atomic E-state index is -5.14. The SMILES string of the molecule is CCCCCCCCCCCCCCCC(=O)C(N)(C(=O)CCCCCCCCCCCCCCC)C(O)P(=O)(O)O. The number of nitrogens with two attached hydrogens (primary N) is 1. The molecule has 0 rings (SSSR count). The zero-order valence-corrected chi connectivity index (χ0v) is 28.4. The van der Waals surface area contributed by atoms with Gasteiger partial charge in [0.1, 0.15) is 0 Å². The van der Waals surface area contributed by atoms with Crippen molar-refractivity contribution in [3.05, 3.63) is 0 Å². The van der Waals surface area contributed by atoms with E-state index in [1.54, 1.807) is 0 Å². The molecule has 0 bridgehead atoms. The van der Waals surface area contributed by atoms with Crippen molar-refractivity contribution in [3.63, 3.8) is 0 Å². The average molecular weight is 618 g/mol. The number of carbonyl (C=O) groups is 2. The molecule has 0 spiro atoms. The van der Waals surface area contributed by atoms with E-state index in [1.165, 1.54) is 103 Å². The van der Waals surface area contributed by atoms with Crippen LogP contribution < -0.4 is 5.73 Å². The lowest BCUT2D eigenvalue weighted by Crippen LogP contribution is -2.62. The molecule has 0 fully saturated rings. The van der Waals surface area contributed by atoms with Crippen molar-refractivity contribution in [3.8, 4) is 0 Å². The highest BCUT2D eigenvalue weighted by atomic mass is 31.2. The third-order valence-electron chi connectivity index (χ3n) is 8.66. The summed E-state index contributed by atoms with van der Waals surface area (Å²) in [5, 5.41) is 10.3. The number of ketones is 2. The summed E-state index contributed by atoms with van der Waals surface area (Å²) in [6, 6.07) is 0. The molecule has 1 unspecified atom stereocenters. The van der Waals surface area contributed by atoms with Crippen LogP contribution in [0.15, 0.2) is 0 Å². The molecule has 0 amide bonds. The van der Waals surface area contributed by atoms with Gasteiger partial charge in [-0.3, -0.25) is 14.2 Å². The Morgan fingerprint density at radius 2 is 0.738 bits per heavy atom. The number of unbranched alkanes of at least 4 members (excludes halogenated alkanes) is 24. The summed E-state index contributed by atoms with van der Waals surface area (Å²) in [6.45, 7) is 4.46. The van der Waals surface area contributed by atoms with Crippen LogP contribution >= 0.6 is 7.60 Å². The van der Waals surface area contributed by atoms with E-state index >= 15 is 0 Å². The molecule has 0 aliphatic heterocycles. The predicted molar refractivity (Wildman–Crippen MR) is 176 cm³/mol. The second-order valence-electron chi connectivity index (χ2n) is 12.7. The standard InChI is InChI=1S/C34H68NO6P/c1-3-5-7-9-11-13-15-17-19-21-23-25-27-29-31(36)34(35,33(38)42(39,40)41)32(37)30-28-26-24-22-20-18-16-14-12-10-8-6-4-2/h33,38H,3-30,35H2,1-2H3,(H2,39,40,41). The smallest absolute Gasteiger partial charge is 0.356 e. The minimum absolute atomic E-state index is 0.0599. The summed E-state index contributed by atoms with van der Waals surface area (Å²) >= 11 is 0. The number of hydrogen-bond donors (Lipinski definition) is 4. The van der Waals surface area contributed by atoms with E-state index in [0.717, 1.165) is 51.4 Å². The summed E-state index contributed by atoms with van der Waals surface area (Å²) < 4.78 is 11.8. The molecule has 0 saturated carbocycles. The molecule has 0 aliphatic carbocycles. The summed E-state index contributed by atoms with van der Waals surface area (Å²) in [5.41, 5.74) is 3.52. The van der Waals surface area contributed by atoms with Crippen molar-refractivity contribution < 1.29 is 29.0 Å². The Morgan fingerprint density at radius 1 is 0.524 bits per heavy atom. The molecule has 0 aromatic heterocycles. The lowest BCUT2D eigenvalue weighted by atomic mass is 9.85. The second-order valence-corrected chi connectivity index (χ2v) is 14.3. The van der Waals surface area contributed by atoms with E-state index < -0.39 is 30.5 Å². The van der Waals surface area contributed by atoms with Crippen LogP contribution in [0, 0.1) is 0 Å². The molecule has 250 valence electrons. The normalized spacial score (nSPS) is 13.0. The molecule has 42 heavy (non-hydrogen) atoms. The first kappa shape index (κ1) is 41.4. The first-order valence-corrected chi connectivity index (χ1v) is 19.4. The Kier molecular flexibility index (Phi) is 26.4. The van der Waals surface area contributed by atoms with Gasteiger partial charge < -0.3 is 20.6 Å². The van der Waals surface area contributed by atoms with E-state index in [0.29, 0.717) is 12.8 Å². The van der Waals surface area contributed by atoms with E-state index in [2.05, 4.69) is 13.8 Å². The first-order chi connectivity index (χ1) is 20.1. The average Bonchev–Trinajstić information content (AvgIpc) is 2.96. The van der Waals surface area contributed by atoms with Gasteiger partial charge in [0.2, 0.25) is 0 Å². The molecule has 1 atom stereocenters. The zero-order chi connectivity index (χ0) is 31.5. The van der Waals surface area contributed by atoms with Crippen LogP contribution in [0.25, 0.3) is 0 Å². The van der Waals surface area contributed by atoms with Crippen LogP contribution in [0.2, 0.25) is 0 Å². The van der Waals surface area contributed by atoms with Gasteiger partial charge >= 0.3 is 7.60 Å². The molecule has 0 saturated heterocycles. The van der Waals surface area contributed by atoms with E-state index in [1.807, 2.05) is 0 Å². The highest BCUT2D eigenvalue weighted by molar-refractivity contribution is 7.52. The number of rotatable bonds is 32. The zero-order valence-electron chi connectivity index (χ0n) is 27.5. The summed E-state index contributed by atoms with van der Waals surface area (Å²) in [6.07, 6.45) is 29.7. The van der Waals surface area contributed by atoms with Crippen LogP contribution in [-0.2, 0) is 14.2 Å². The number of carbonyl (C=O) groups excluding carboxylic acids is 2. The molecule has 0 aliphatic rings. The maximum absolute atomic E-state index is 13.0. The lowest BCUT2D eigenvalue weighted by Gasteiger charge is -2.31. The van der Waals surface area contributed by atoms with Gasteiger partial charge in [0.05, 0.1) is 0 Å². The van der Waals surface area contributed by atoms with Crippen molar-refractivity contribution in [2.75, 3.05) is 0 Å². The van der Waals surface area contributed by atoms with Crippen LogP contribution in [-0.4, -0.2) is 37.8 Å². The summed E-state index contributed by atoms with van der Waals surface area (Å²) in [5.74, 6) is -4.03. The Balaban J connectivity index is 4.26. The Morgan fingerprint density at radius 3 is 0.952 bits per heavy atom. The van der Waals surface area contributed by atoms with E-state index in [9.17, 15) is 29.0 Å². The Bertz CT molecular complexity index is 668. The third kappa shape index (κ3) is 20.4. The quantitative estimate of drug-likeness (QED) is 0.0335. The van der Waals surface area contributed by atoms with Crippen molar-refractivity contribution in [2.45, 2.75) is 205 Å². The number of aliphatic hydroxyl groups excluding tert-OH is 1. The van der Waals surface area contributed by atoms with Crippen molar-refractivity contribution >= 4 is 19.2 Å². The number of Topliss-reactive ketones (excluding diaryl/α,β-unsaturated/α-hetero) is 2. The van der Waals surface area contributed by atoms with Crippen LogP contribution in [0.1, 0.15) is 194 Å². The maximum Gasteiger partial charge on any atom is 0.356 e. The Hall–Kier alpha value is -0.590. The van der Waals surface area contributed by atoms with Gasteiger partial charge in [0, 0.05) is 12.8 Å². The molecular weight excluding hydrogens is 549 g/mol. The van der Waals surface area contributed by atoms with Crippen molar-refractivity contribution in [2.24, 2.45) is 5.73 Å². The van der Waals surface area contributed by atoms with Gasteiger partial charge in [-0.2, -0.15) is 0 Å². The van der Waals surface area contributed by atoms with Gasteiger partial charge in [-0.25, -0.2) is 0 Å². The molecule has 0 heterocycles.